The van der Waals surface area contributed by atoms with Crippen LogP contribution in [0, 0.1) is 17.0 Å². The Morgan fingerprint density at radius 3 is 2.68 bits per heavy atom. The SMILES string of the molecule is Cc1ccccc1NCc1ccc(Br)c([N+](=O)[O-])c1. The van der Waals surface area contributed by atoms with Gasteiger partial charge in [0.25, 0.3) is 5.69 Å². The van der Waals surface area contributed by atoms with Gasteiger partial charge in [0, 0.05) is 18.3 Å². The average molecular weight is 321 g/mol. The molecule has 0 saturated heterocycles. The molecule has 0 fully saturated rings. The Kier molecular flexibility index (Phi) is 4.16. The number of benzene rings is 2. The Morgan fingerprint density at radius 1 is 1.26 bits per heavy atom. The molecule has 0 aliphatic rings. The van der Waals surface area contributed by atoms with Gasteiger partial charge in [0.1, 0.15) is 0 Å². The molecule has 2 aromatic carbocycles. The summed E-state index contributed by atoms with van der Waals surface area (Å²) in [6.45, 7) is 2.57. The van der Waals surface area contributed by atoms with Gasteiger partial charge in [0.05, 0.1) is 9.40 Å². The van der Waals surface area contributed by atoms with Crippen LogP contribution in [0.15, 0.2) is 46.9 Å². The summed E-state index contributed by atoms with van der Waals surface area (Å²) < 4.78 is 0.497. The predicted octanol–water partition coefficient (Wildman–Crippen LogP) is 4.28. The van der Waals surface area contributed by atoms with Gasteiger partial charge in [-0.1, -0.05) is 24.3 Å². The van der Waals surface area contributed by atoms with E-state index in [9.17, 15) is 10.1 Å². The van der Waals surface area contributed by atoms with Crippen molar-refractivity contribution in [1.82, 2.24) is 0 Å². The summed E-state index contributed by atoms with van der Waals surface area (Å²) >= 11 is 3.18. The first-order valence-electron chi connectivity index (χ1n) is 5.80. The van der Waals surface area contributed by atoms with E-state index in [1.54, 1.807) is 12.1 Å². The van der Waals surface area contributed by atoms with Crippen molar-refractivity contribution >= 4 is 27.3 Å². The van der Waals surface area contributed by atoms with Crippen molar-refractivity contribution in [2.45, 2.75) is 13.5 Å². The van der Waals surface area contributed by atoms with Crippen molar-refractivity contribution < 1.29 is 4.92 Å². The first kappa shape index (κ1) is 13.5. The van der Waals surface area contributed by atoms with E-state index in [0.717, 1.165) is 16.8 Å². The summed E-state index contributed by atoms with van der Waals surface area (Å²) in [5.74, 6) is 0. The summed E-state index contributed by atoms with van der Waals surface area (Å²) in [4.78, 5) is 10.5. The fourth-order valence-corrected chi connectivity index (χ4v) is 2.17. The summed E-state index contributed by atoms with van der Waals surface area (Å²) in [5, 5.41) is 14.1. The zero-order valence-electron chi connectivity index (χ0n) is 10.4. The number of nitrogens with zero attached hydrogens (tertiary/aromatic N) is 1. The van der Waals surface area contributed by atoms with E-state index in [1.807, 2.05) is 37.3 Å². The Balaban J connectivity index is 2.14. The van der Waals surface area contributed by atoms with Crippen LogP contribution in [-0.2, 0) is 6.54 Å². The molecule has 0 heterocycles. The van der Waals surface area contributed by atoms with Gasteiger partial charge in [0.2, 0.25) is 0 Å². The van der Waals surface area contributed by atoms with Crippen LogP contribution in [0.4, 0.5) is 11.4 Å². The number of nitro benzene ring substituents is 1. The second kappa shape index (κ2) is 5.84. The Hall–Kier alpha value is -1.88. The van der Waals surface area contributed by atoms with Crippen LogP contribution in [-0.4, -0.2) is 4.92 Å². The summed E-state index contributed by atoms with van der Waals surface area (Å²) in [6.07, 6.45) is 0. The quantitative estimate of drug-likeness (QED) is 0.675. The zero-order valence-corrected chi connectivity index (χ0v) is 12.0. The fraction of sp³-hybridized carbons (Fsp3) is 0.143. The standard InChI is InChI=1S/C14H13BrN2O2/c1-10-4-2-3-5-13(10)16-9-11-6-7-12(15)14(8-11)17(18)19/h2-8,16H,9H2,1H3. The largest absolute Gasteiger partial charge is 0.381 e. The van der Waals surface area contributed by atoms with E-state index in [-0.39, 0.29) is 10.6 Å². The van der Waals surface area contributed by atoms with Gasteiger partial charge in [-0.15, -0.1) is 0 Å². The van der Waals surface area contributed by atoms with E-state index >= 15 is 0 Å². The number of hydrogen-bond donors (Lipinski definition) is 1. The van der Waals surface area contributed by atoms with Crippen molar-refractivity contribution in [2.24, 2.45) is 0 Å². The molecule has 0 bridgehead atoms. The molecule has 0 radical (unpaired) electrons. The molecule has 0 unspecified atom stereocenters. The molecule has 5 heteroatoms. The Morgan fingerprint density at radius 2 is 2.00 bits per heavy atom. The maximum atomic E-state index is 10.9. The number of nitro groups is 1. The smallest absolute Gasteiger partial charge is 0.283 e. The van der Waals surface area contributed by atoms with Gasteiger partial charge >= 0.3 is 0 Å². The normalized spacial score (nSPS) is 10.2. The van der Waals surface area contributed by atoms with Crippen LogP contribution in [0.3, 0.4) is 0 Å². The van der Waals surface area contributed by atoms with Crippen LogP contribution in [0.2, 0.25) is 0 Å². The molecule has 98 valence electrons. The van der Waals surface area contributed by atoms with Gasteiger partial charge in [-0.2, -0.15) is 0 Å². The maximum absolute atomic E-state index is 10.9. The zero-order chi connectivity index (χ0) is 13.8. The first-order chi connectivity index (χ1) is 9.08. The van der Waals surface area contributed by atoms with Crippen LogP contribution in [0.5, 0.6) is 0 Å². The van der Waals surface area contributed by atoms with Crippen LogP contribution < -0.4 is 5.32 Å². The van der Waals surface area contributed by atoms with E-state index in [1.165, 1.54) is 0 Å². The van der Waals surface area contributed by atoms with E-state index in [4.69, 9.17) is 0 Å². The highest BCUT2D eigenvalue weighted by Crippen LogP contribution is 2.26. The molecule has 0 saturated carbocycles. The molecule has 2 rings (SSSR count). The Labute approximate surface area is 119 Å². The van der Waals surface area contributed by atoms with Crippen molar-refractivity contribution in [3.8, 4) is 0 Å². The van der Waals surface area contributed by atoms with Crippen LogP contribution in [0.25, 0.3) is 0 Å². The molecular weight excluding hydrogens is 308 g/mol. The number of anilines is 1. The highest BCUT2D eigenvalue weighted by Gasteiger charge is 2.12. The molecule has 0 atom stereocenters. The second-order valence-electron chi connectivity index (χ2n) is 4.21. The summed E-state index contributed by atoms with van der Waals surface area (Å²) in [6, 6.07) is 13.1. The minimum atomic E-state index is -0.388. The second-order valence-corrected chi connectivity index (χ2v) is 5.07. The molecule has 0 aliphatic heterocycles. The maximum Gasteiger partial charge on any atom is 0.283 e. The average Bonchev–Trinajstić information content (AvgIpc) is 2.39. The summed E-state index contributed by atoms with van der Waals surface area (Å²) in [5.41, 5.74) is 3.14. The highest BCUT2D eigenvalue weighted by atomic mass is 79.9. The topological polar surface area (TPSA) is 55.2 Å². The van der Waals surface area contributed by atoms with Crippen LogP contribution in [0.1, 0.15) is 11.1 Å². The minimum Gasteiger partial charge on any atom is -0.381 e. The van der Waals surface area contributed by atoms with Crippen LogP contribution >= 0.6 is 15.9 Å². The number of aryl methyl sites for hydroxylation is 1. The van der Waals surface area contributed by atoms with E-state index < -0.39 is 0 Å². The summed E-state index contributed by atoms with van der Waals surface area (Å²) in [7, 11) is 0. The van der Waals surface area contributed by atoms with Crippen molar-refractivity contribution in [1.29, 1.82) is 0 Å². The third kappa shape index (κ3) is 3.32. The lowest BCUT2D eigenvalue weighted by Gasteiger charge is -2.09. The molecule has 19 heavy (non-hydrogen) atoms. The number of nitrogens with one attached hydrogen (secondary N) is 1. The van der Waals surface area contributed by atoms with Crippen molar-refractivity contribution in [3.63, 3.8) is 0 Å². The molecule has 1 N–H and O–H groups in total. The lowest BCUT2D eigenvalue weighted by Crippen LogP contribution is -2.01. The molecule has 0 aliphatic carbocycles. The molecule has 4 nitrogen and oxygen atoms in total. The molecular formula is C14H13BrN2O2. The van der Waals surface area contributed by atoms with Gasteiger partial charge in [-0.25, -0.2) is 0 Å². The lowest BCUT2D eigenvalue weighted by atomic mass is 10.1. The van der Waals surface area contributed by atoms with Gasteiger partial charge < -0.3 is 5.32 Å². The van der Waals surface area contributed by atoms with Gasteiger partial charge in [-0.05, 0) is 46.1 Å². The number of hydrogen-bond acceptors (Lipinski definition) is 3. The van der Waals surface area contributed by atoms with E-state index in [0.29, 0.717) is 11.0 Å². The highest BCUT2D eigenvalue weighted by molar-refractivity contribution is 9.10. The lowest BCUT2D eigenvalue weighted by molar-refractivity contribution is -0.385. The Bertz CT molecular complexity index is 614. The molecule has 2 aromatic rings. The van der Waals surface area contributed by atoms with Gasteiger partial charge in [0.15, 0.2) is 0 Å². The molecule has 0 aromatic heterocycles. The monoisotopic (exact) mass is 320 g/mol. The van der Waals surface area contributed by atoms with Gasteiger partial charge in [-0.3, -0.25) is 10.1 Å². The molecule has 0 spiro atoms. The first-order valence-corrected chi connectivity index (χ1v) is 6.59. The number of rotatable bonds is 4. The predicted molar refractivity (Wildman–Crippen MR) is 79.3 cm³/mol. The number of para-hydroxylation sites is 1. The van der Waals surface area contributed by atoms with E-state index in [2.05, 4.69) is 21.2 Å². The number of halogens is 1. The van der Waals surface area contributed by atoms with Crippen molar-refractivity contribution in [3.05, 3.63) is 68.2 Å². The van der Waals surface area contributed by atoms with Crippen molar-refractivity contribution in [2.75, 3.05) is 5.32 Å². The minimum absolute atomic E-state index is 0.0871. The third-order valence-electron chi connectivity index (χ3n) is 2.84. The third-order valence-corrected chi connectivity index (χ3v) is 3.51. The fourth-order valence-electron chi connectivity index (χ4n) is 1.78. The molecule has 0 amide bonds.